The number of nitrogens with one attached hydrogen (secondary N) is 2. The largest absolute Gasteiger partial charge is 0.493 e. The van der Waals surface area contributed by atoms with Crippen LogP contribution in [-0.4, -0.2) is 18.4 Å². The van der Waals surface area contributed by atoms with Gasteiger partial charge in [-0.05, 0) is 83.9 Å². The topological polar surface area (TPSA) is 67.4 Å². The number of ether oxygens (including phenoxy) is 1. The molecule has 29 heavy (non-hydrogen) atoms. The van der Waals surface area contributed by atoms with Crippen molar-refractivity contribution in [3.05, 3.63) is 87.9 Å². The lowest BCUT2D eigenvalue weighted by molar-refractivity contribution is 0.101. The minimum absolute atomic E-state index is 0.167. The van der Waals surface area contributed by atoms with Gasteiger partial charge in [-0.15, -0.1) is 0 Å². The molecular weight excluding hydrogens is 432 g/mol. The molecule has 0 aromatic heterocycles. The second-order valence-corrected chi connectivity index (χ2v) is 7.23. The van der Waals surface area contributed by atoms with Crippen LogP contribution in [0.25, 0.3) is 0 Å². The van der Waals surface area contributed by atoms with Crippen molar-refractivity contribution in [2.24, 2.45) is 0 Å². The van der Waals surface area contributed by atoms with Gasteiger partial charge in [-0.3, -0.25) is 9.59 Å². The van der Waals surface area contributed by atoms with E-state index in [0.29, 0.717) is 34.9 Å². The Bertz CT molecular complexity index is 1030. The summed E-state index contributed by atoms with van der Waals surface area (Å²) in [5.74, 6) is 0.294. The number of benzene rings is 3. The van der Waals surface area contributed by atoms with Gasteiger partial charge in [-0.1, -0.05) is 18.2 Å². The van der Waals surface area contributed by atoms with E-state index < -0.39 is 0 Å². The Morgan fingerprint density at radius 2 is 1.52 bits per heavy atom. The first kappa shape index (κ1) is 20.6. The van der Waals surface area contributed by atoms with Gasteiger partial charge in [0.1, 0.15) is 5.75 Å². The van der Waals surface area contributed by atoms with E-state index in [2.05, 4.69) is 26.6 Å². The lowest BCUT2D eigenvalue weighted by Crippen LogP contribution is -2.14. The molecule has 6 heteroatoms. The molecule has 0 saturated heterocycles. The third-order valence-electron chi connectivity index (χ3n) is 4.28. The zero-order valence-electron chi connectivity index (χ0n) is 16.2. The minimum atomic E-state index is -0.231. The molecule has 0 saturated carbocycles. The summed E-state index contributed by atoms with van der Waals surface area (Å²) in [7, 11) is 0. The molecule has 0 spiro atoms. The summed E-state index contributed by atoms with van der Waals surface area (Å²) in [6.45, 7) is 4.35. The molecule has 0 fully saturated rings. The van der Waals surface area contributed by atoms with Crippen molar-refractivity contribution in [2.45, 2.75) is 13.8 Å². The van der Waals surface area contributed by atoms with Gasteiger partial charge in [0, 0.05) is 22.5 Å². The first-order valence-corrected chi connectivity index (χ1v) is 9.98. The van der Waals surface area contributed by atoms with Crippen molar-refractivity contribution >= 4 is 39.1 Å². The van der Waals surface area contributed by atoms with Crippen molar-refractivity contribution < 1.29 is 14.3 Å². The van der Waals surface area contributed by atoms with E-state index in [1.54, 1.807) is 48.5 Å². The highest BCUT2D eigenvalue weighted by Crippen LogP contribution is 2.26. The van der Waals surface area contributed by atoms with Crippen LogP contribution < -0.4 is 15.4 Å². The number of hydrogen-bond acceptors (Lipinski definition) is 3. The van der Waals surface area contributed by atoms with Crippen LogP contribution in [0.1, 0.15) is 33.2 Å². The molecule has 0 atom stereocenters. The Morgan fingerprint density at radius 3 is 2.10 bits per heavy atom. The fourth-order valence-corrected chi connectivity index (χ4v) is 3.27. The summed E-state index contributed by atoms with van der Waals surface area (Å²) in [6.07, 6.45) is 0. The summed E-state index contributed by atoms with van der Waals surface area (Å²) in [5, 5.41) is 5.71. The van der Waals surface area contributed by atoms with Gasteiger partial charge in [-0.25, -0.2) is 0 Å². The lowest BCUT2D eigenvalue weighted by Gasteiger charge is -2.10. The van der Waals surface area contributed by atoms with E-state index in [0.717, 1.165) is 10.0 Å². The zero-order valence-corrected chi connectivity index (χ0v) is 17.7. The van der Waals surface area contributed by atoms with E-state index in [4.69, 9.17) is 4.74 Å². The number of halogens is 1. The Balaban J connectivity index is 1.64. The quantitative estimate of drug-likeness (QED) is 0.506. The maximum Gasteiger partial charge on any atom is 0.255 e. The molecule has 0 aliphatic rings. The van der Waals surface area contributed by atoms with Crippen LogP contribution in [-0.2, 0) is 0 Å². The number of hydrogen-bond donors (Lipinski definition) is 2. The molecule has 0 heterocycles. The fraction of sp³-hybridized carbons (Fsp3) is 0.130. The van der Waals surface area contributed by atoms with Gasteiger partial charge >= 0.3 is 0 Å². The van der Waals surface area contributed by atoms with Gasteiger partial charge in [0.05, 0.1) is 11.1 Å². The van der Waals surface area contributed by atoms with Crippen molar-refractivity contribution in [2.75, 3.05) is 17.2 Å². The lowest BCUT2D eigenvalue weighted by atomic mass is 10.1. The van der Waals surface area contributed by atoms with Crippen LogP contribution in [0.15, 0.2) is 71.2 Å². The minimum Gasteiger partial charge on any atom is -0.493 e. The predicted octanol–water partition coefficient (Wildman–Crippen LogP) is 5.66. The number of amides is 2. The molecule has 0 radical (unpaired) electrons. The summed E-state index contributed by atoms with van der Waals surface area (Å²) in [6, 6.07) is 19.6. The molecule has 5 nitrogen and oxygen atoms in total. The summed E-state index contributed by atoms with van der Waals surface area (Å²) >= 11 is 3.41. The molecule has 0 bridgehead atoms. The summed E-state index contributed by atoms with van der Waals surface area (Å²) < 4.78 is 6.18. The summed E-state index contributed by atoms with van der Waals surface area (Å²) in [5.41, 5.74) is 3.34. The highest BCUT2D eigenvalue weighted by Gasteiger charge is 2.11. The van der Waals surface area contributed by atoms with Gasteiger partial charge in [0.25, 0.3) is 11.8 Å². The highest BCUT2D eigenvalue weighted by atomic mass is 79.9. The van der Waals surface area contributed by atoms with Crippen molar-refractivity contribution in [3.63, 3.8) is 0 Å². The van der Waals surface area contributed by atoms with Crippen LogP contribution >= 0.6 is 15.9 Å². The third-order valence-corrected chi connectivity index (χ3v) is 4.90. The molecular formula is C23H21BrN2O3. The monoisotopic (exact) mass is 452 g/mol. The maximum atomic E-state index is 12.5. The Hall–Kier alpha value is -3.12. The van der Waals surface area contributed by atoms with E-state index in [9.17, 15) is 9.59 Å². The van der Waals surface area contributed by atoms with Crippen molar-refractivity contribution in [1.82, 2.24) is 0 Å². The molecule has 3 aromatic rings. The Morgan fingerprint density at radius 1 is 0.897 bits per heavy atom. The molecule has 2 amide bonds. The second kappa shape index (κ2) is 9.39. The van der Waals surface area contributed by atoms with Gasteiger partial charge in [0.2, 0.25) is 0 Å². The molecule has 148 valence electrons. The standard InChI is InChI=1S/C23H21BrN2O3/c1-3-29-21-13-8-16(14-20(21)24)22(27)25-17-9-11-18(12-10-17)26-23(28)19-7-5-4-6-15(19)2/h4-14H,3H2,1-2H3,(H,25,27)(H,26,28). The first-order valence-electron chi connectivity index (χ1n) is 9.18. The smallest absolute Gasteiger partial charge is 0.255 e. The van der Waals surface area contributed by atoms with E-state index in [1.807, 2.05) is 32.0 Å². The Kier molecular flexibility index (Phi) is 6.67. The van der Waals surface area contributed by atoms with Gasteiger partial charge < -0.3 is 15.4 Å². The third kappa shape index (κ3) is 5.23. The van der Waals surface area contributed by atoms with E-state index in [-0.39, 0.29) is 11.8 Å². The van der Waals surface area contributed by atoms with Gasteiger partial charge in [0.15, 0.2) is 0 Å². The highest BCUT2D eigenvalue weighted by molar-refractivity contribution is 9.10. The van der Waals surface area contributed by atoms with Crippen molar-refractivity contribution in [3.8, 4) is 5.75 Å². The van der Waals surface area contributed by atoms with E-state index in [1.165, 1.54) is 0 Å². The molecule has 0 unspecified atom stereocenters. The normalized spacial score (nSPS) is 10.3. The molecule has 3 aromatic carbocycles. The Labute approximate surface area is 178 Å². The second-order valence-electron chi connectivity index (χ2n) is 6.38. The van der Waals surface area contributed by atoms with Crippen LogP contribution in [0.5, 0.6) is 5.75 Å². The number of carbonyl (C=O) groups is 2. The molecule has 0 aliphatic heterocycles. The number of carbonyl (C=O) groups excluding carboxylic acids is 2. The first-order chi connectivity index (χ1) is 14.0. The molecule has 3 rings (SSSR count). The molecule has 2 N–H and O–H groups in total. The van der Waals surface area contributed by atoms with Crippen LogP contribution in [0.4, 0.5) is 11.4 Å². The predicted molar refractivity (Wildman–Crippen MR) is 119 cm³/mol. The van der Waals surface area contributed by atoms with Crippen LogP contribution in [0, 0.1) is 6.92 Å². The average molecular weight is 453 g/mol. The van der Waals surface area contributed by atoms with Crippen molar-refractivity contribution in [1.29, 1.82) is 0 Å². The average Bonchev–Trinajstić information content (AvgIpc) is 2.71. The van der Waals surface area contributed by atoms with E-state index >= 15 is 0 Å². The van der Waals surface area contributed by atoms with Gasteiger partial charge in [-0.2, -0.15) is 0 Å². The summed E-state index contributed by atoms with van der Waals surface area (Å²) in [4.78, 5) is 24.9. The zero-order chi connectivity index (χ0) is 20.8. The van der Waals surface area contributed by atoms with Crippen LogP contribution in [0.3, 0.4) is 0 Å². The fourth-order valence-electron chi connectivity index (χ4n) is 2.78. The number of rotatable bonds is 6. The number of anilines is 2. The SMILES string of the molecule is CCOc1ccc(C(=O)Nc2ccc(NC(=O)c3ccccc3C)cc2)cc1Br. The number of aryl methyl sites for hydroxylation is 1. The maximum absolute atomic E-state index is 12.5. The van der Waals surface area contributed by atoms with Crippen LogP contribution in [0.2, 0.25) is 0 Å². The molecule has 0 aliphatic carbocycles.